The van der Waals surface area contributed by atoms with Crippen molar-refractivity contribution in [1.82, 2.24) is 9.80 Å². The average molecular weight is 274 g/mol. The Morgan fingerprint density at radius 3 is 2.55 bits per heavy atom. The Balaban J connectivity index is 2.07. The van der Waals surface area contributed by atoms with Crippen LogP contribution < -0.4 is 0 Å². The molecule has 1 aromatic carbocycles. The third-order valence-electron chi connectivity index (χ3n) is 4.64. The predicted octanol–water partition coefficient (Wildman–Crippen LogP) is 2.51. The first-order chi connectivity index (χ1) is 9.40. The van der Waals surface area contributed by atoms with Gasteiger partial charge in [0.2, 0.25) is 0 Å². The zero-order valence-corrected chi connectivity index (χ0v) is 13.3. The van der Waals surface area contributed by atoms with Gasteiger partial charge in [-0.2, -0.15) is 0 Å². The molecule has 0 saturated carbocycles. The third kappa shape index (κ3) is 3.10. The van der Waals surface area contributed by atoms with E-state index in [2.05, 4.69) is 37.7 Å². The van der Waals surface area contributed by atoms with Gasteiger partial charge < -0.3 is 4.90 Å². The summed E-state index contributed by atoms with van der Waals surface area (Å²) in [6, 6.07) is 6.57. The van der Waals surface area contributed by atoms with Crippen molar-refractivity contribution in [3.8, 4) is 0 Å². The Morgan fingerprint density at radius 2 is 2.00 bits per heavy atom. The lowest BCUT2D eigenvalue weighted by Crippen LogP contribution is -2.40. The number of likely N-dealkylation sites (tertiary alicyclic amines) is 1. The van der Waals surface area contributed by atoms with Crippen molar-refractivity contribution in [3.05, 3.63) is 34.9 Å². The van der Waals surface area contributed by atoms with Gasteiger partial charge in [-0.25, -0.2) is 0 Å². The van der Waals surface area contributed by atoms with Crippen LogP contribution in [-0.4, -0.2) is 54.9 Å². The molecular weight excluding hydrogens is 248 g/mol. The van der Waals surface area contributed by atoms with Gasteiger partial charge in [0, 0.05) is 24.7 Å². The first-order valence-electron chi connectivity index (χ1n) is 7.42. The number of benzene rings is 1. The van der Waals surface area contributed by atoms with Crippen LogP contribution in [0.25, 0.3) is 0 Å². The number of hydrogen-bond acceptors (Lipinski definition) is 3. The van der Waals surface area contributed by atoms with Gasteiger partial charge in [-0.15, -0.1) is 0 Å². The van der Waals surface area contributed by atoms with Gasteiger partial charge in [0.05, 0.1) is 6.04 Å². The molecule has 3 nitrogen and oxygen atoms in total. The summed E-state index contributed by atoms with van der Waals surface area (Å²) in [7, 11) is 4.23. The van der Waals surface area contributed by atoms with Crippen LogP contribution in [0.15, 0.2) is 18.2 Å². The van der Waals surface area contributed by atoms with E-state index in [1.165, 1.54) is 11.1 Å². The number of ketones is 1. The molecule has 3 heteroatoms. The van der Waals surface area contributed by atoms with Gasteiger partial charge in [-0.3, -0.25) is 9.69 Å². The molecule has 1 saturated heterocycles. The zero-order valence-electron chi connectivity index (χ0n) is 13.3. The number of aryl methyl sites for hydroxylation is 2. The molecular formula is C17H26N2O. The van der Waals surface area contributed by atoms with E-state index in [-0.39, 0.29) is 11.8 Å². The maximum Gasteiger partial charge on any atom is 0.179 e. The molecule has 1 fully saturated rings. The van der Waals surface area contributed by atoms with Crippen LogP contribution in [0.4, 0.5) is 0 Å². The van der Waals surface area contributed by atoms with E-state index in [4.69, 9.17) is 0 Å². The number of Topliss-reactive ketones (excluding diaryl/α,β-unsaturated/α-hetero) is 1. The van der Waals surface area contributed by atoms with Gasteiger partial charge in [0.15, 0.2) is 5.78 Å². The monoisotopic (exact) mass is 274 g/mol. The van der Waals surface area contributed by atoms with Crippen LogP contribution in [-0.2, 0) is 0 Å². The SMILES string of the molecule is Cc1ccc(C(=O)C(C)N2CCC(N(C)C)C2)cc1C. The molecule has 2 rings (SSSR count). The topological polar surface area (TPSA) is 23.6 Å². The lowest BCUT2D eigenvalue weighted by molar-refractivity contribution is 0.0859. The van der Waals surface area contributed by atoms with E-state index < -0.39 is 0 Å². The summed E-state index contributed by atoms with van der Waals surface area (Å²) in [4.78, 5) is 17.2. The fraction of sp³-hybridized carbons (Fsp3) is 0.588. The number of carbonyl (C=O) groups is 1. The number of carbonyl (C=O) groups excluding carboxylic acids is 1. The minimum Gasteiger partial charge on any atom is -0.305 e. The Labute approximate surface area is 122 Å². The minimum atomic E-state index is -0.0259. The Bertz CT molecular complexity index is 496. The summed E-state index contributed by atoms with van der Waals surface area (Å²) in [6.07, 6.45) is 1.15. The molecule has 1 aromatic rings. The molecule has 0 bridgehead atoms. The predicted molar refractivity (Wildman–Crippen MR) is 83.4 cm³/mol. The van der Waals surface area contributed by atoms with Crippen molar-refractivity contribution >= 4 is 5.78 Å². The van der Waals surface area contributed by atoms with E-state index in [9.17, 15) is 4.79 Å². The molecule has 0 N–H and O–H groups in total. The number of likely N-dealkylation sites (N-methyl/N-ethyl adjacent to an activating group) is 1. The smallest absolute Gasteiger partial charge is 0.179 e. The van der Waals surface area contributed by atoms with E-state index >= 15 is 0 Å². The van der Waals surface area contributed by atoms with E-state index in [0.717, 1.165) is 25.1 Å². The highest BCUT2D eigenvalue weighted by molar-refractivity contribution is 6.00. The summed E-state index contributed by atoms with van der Waals surface area (Å²) in [5.41, 5.74) is 3.27. The van der Waals surface area contributed by atoms with Gasteiger partial charge >= 0.3 is 0 Å². The Kier molecular flexibility index (Phi) is 4.61. The lowest BCUT2D eigenvalue weighted by atomic mass is 10.00. The zero-order chi connectivity index (χ0) is 14.9. The molecule has 0 amide bonds. The fourth-order valence-electron chi connectivity index (χ4n) is 2.84. The molecule has 0 radical (unpaired) electrons. The molecule has 2 atom stereocenters. The largest absolute Gasteiger partial charge is 0.305 e. The van der Waals surface area contributed by atoms with Gasteiger partial charge in [0.25, 0.3) is 0 Å². The standard InChI is InChI=1S/C17H26N2O/c1-12-6-7-15(10-13(12)2)17(20)14(3)19-9-8-16(11-19)18(4)5/h6-7,10,14,16H,8-9,11H2,1-5H3. The molecule has 0 aliphatic carbocycles. The van der Waals surface area contributed by atoms with Crippen molar-refractivity contribution in [2.75, 3.05) is 27.2 Å². The van der Waals surface area contributed by atoms with E-state index in [1.54, 1.807) is 0 Å². The minimum absolute atomic E-state index is 0.0259. The summed E-state index contributed by atoms with van der Waals surface area (Å²) in [5, 5.41) is 0. The summed E-state index contributed by atoms with van der Waals surface area (Å²) >= 11 is 0. The van der Waals surface area contributed by atoms with Crippen LogP contribution in [0.2, 0.25) is 0 Å². The molecule has 20 heavy (non-hydrogen) atoms. The number of rotatable bonds is 4. The van der Waals surface area contributed by atoms with Crippen LogP contribution in [0.3, 0.4) is 0 Å². The van der Waals surface area contributed by atoms with Gasteiger partial charge in [-0.1, -0.05) is 12.1 Å². The van der Waals surface area contributed by atoms with Crippen molar-refractivity contribution in [1.29, 1.82) is 0 Å². The highest BCUT2D eigenvalue weighted by atomic mass is 16.1. The van der Waals surface area contributed by atoms with Crippen molar-refractivity contribution in [2.24, 2.45) is 0 Å². The van der Waals surface area contributed by atoms with Crippen molar-refractivity contribution in [3.63, 3.8) is 0 Å². The van der Waals surface area contributed by atoms with Crippen LogP contribution in [0.1, 0.15) is 34.8 Å². The summed E-state index contributed by atoms with van der Waals surface area (Å²) < 4.78 is 0. The third-order valence-corrected chi connectivity index (χ3v) is 4.64. The second-order valence-electron chi connectivity index (χ2n) is 6.24. The number of nitrogens with zero attached hydrogens (tertiary/aromatic N) is 2. The summed E-state index contributed by atoms with van der Waals surface area (Å²) in [6.45, 7) is 8.19. The molecule has 110 valence electrons. The van der Waals surface area contributed by atoms with Gasteiger partial charge in [-0.05, 0) is 58.5 Å². The van der Waals surface area contributed by atoms with Crippen LogP contribution in [0, 0.1) is 13.8 Å². The number of hydrogen-bond donors (Lipinski definition) is 0. The molecule has 0 spiro atoms. The summed E-state index contributed by atoms with van der Waals surface area (Å²) in [5.74, 6) is 0.243. The molecule has 0 aromatic heterocycles. The van der Waals surface area contributed by atoms with Crippen molar-refractivity contribution in [2.45, 2.75) is 39.3 Å². The lowest BCUT2D eigenvalue weighted by Gasteiger charge is -2.25. The first kappa shape index (κ1) is 15.2. The fourth-order valence-corrected chi connectivity index (χ4v) is 2.84. The second-order valence-corrected chi connectivity index (χ2v) is 6.24. The highest BCUT2D eigenvalue weighted by Crippen LogP contribution is 2.19. The van der Waals surface area contributed by atoms with Crippen LogP contribution in [0.5, 0.6) is 0 Å². The molecule has 1 aliphatic rings. The van der Waals surface area contributed by atoms with Gasteiger partial charge in [0.1, 0.15) is 0 Å². The highest BCUT2D eigenvalue weighted by Gasteiger charge is 2.30. The van der Waals surface area contributed by atoms with Crippen LogP contribution >= 0.6 is 0 Å². The molecule has 1 aliphatic heterocycles. The maximum absolute atomic E-state index is 12.6. The first-order valence-corrected chi connectivity index (χ1v) is 7.42. The Hall–Kier alpha value is -1.19. The molecule has 1 heterocycles. The van der Waals surface area contributed by atoms with Crippen molar-refractivity contribution < 1.29 is 4.79 Å². The Morgan fingerprint density at radius 1 is 1.30 bits per heavy atom. The molecule has 2 unspecified atom stereocenters. The van der Waals surface area contributed by atoms with E-state index in [0.29, 0.717) is 6.04 Å². The normalized spacial score (nSPS) is 21.4. The second kappa shape index (κ2) is 6.06. The maximum atomic E-state index is 12.6. The van der Waals surface area contributed by atoms with E-state index in [1.807, 2.05) is 25.1 Å². The average Bonchev–Trinajstić information content (AvgIpc) is 2.90. The quantitative estimate of drug-likeness (QED) is 0.788.